The average molecular weight is 375 g/mol. The summed E-state index contributed by atoms with van der Waals surface area (Å²) in [6.45, 7) is 6.69. The first-order valence-electron chi connectivity index (χ1n) is 9.12. The van der Waals surface area contributed by atoms with E-state index >= 15 is 0 Å². The second kappa shape index (κ2) is 9.30. The van der Waals surface area contributed by atoms with Crippen molar-refractivity contribution in [3.05, 3.63) is 36.0 Å². The standard InChI is InChI=1S/C20H29N3O4/c1-20(2,3)27-19(25)23-13-10-16(11-14-23)22-18(24)21-12-9-15-5-7-17(26-4)8-6-15/h5-9,12,16H,10-11,13-14H2,1-4H3,(H2,21,22,24)/b12-9+. The summed E-state index contributed by atoms with van der Waals surface area (Å²) in [6, 6.07) is 7.31. The maximum Gasteiger partial charge on any atom is 0.410 e. The van der Waals surface area contributed by atoms with Crippen molar-refractivity contribution in [2.24, 2.45) is 0 Å². The molecule has 3 amide bonds. The van der Waals surface area contributed by atoms with Crippen LogP contribution in [0.4, 0.5) is 9.59 Å². The fraction of sp³-hybridized carbons (Fsp3) is 0.500. The van der Waals surface area contributed by atoms with Crippen molar-refractivity contribution in [3.8, 4) is 5.75 Å². The van der Waals surface area contributed by atoms with Crippen molar-refractivity contribution in [3.63, 3.8) is 0 Å². The third-order valence-corrected chi connectivity index (χ3v) is 4.09. The Labute approximate surface area is 160 Å². The van der Waals surface area contributed by atoms with Gasteiger partial charge < -0.3 is 25.0 Å². The number of piperidine rings is 1. The summed E-state index contributed by atoms with van der Waals surface area (Å²) in [6.07, 6.45) is 4.52. The van der Waals surface area contributed by atoms with Crippen LogP contribution in [0, 0.1) is 0 Å². The monoisotopic (exact) mass is 375 g/mol. The molecule has 2 N–H and O–H groups in total. The summed E-state index contributed by atoms with van der Waals surface area (Å²) in [5.41, 5.74) is 0.462. The molecule has 7 heteroatoms. The zero-order valence-corrected chi connectivity index (χ0v) is 16.5. The number of methoxy groups -OCH3 is 1. The van der Waals surface area contributed by atoms with Gasteiger partial charge in [0.1, 0.15) is 11.4 Å². The number of likely N-dealkylation sites (tertiary alicyclic amines) is 1. The number of hydrogen-bond acceptors (Lipinski definition) is 4. The van der Waals surface area contributed by atoms with Crippen molar-refractivity contribution in [1.29, 1.82) is 0 Å². The number of nitrogens with one attached hydrogen (secondary N) is 2. The fourth-order valence-corrected chi connectivity index (χ4v) is 2.69. The number of ether oxygens (including phenoxy) is 2. The van der Waals surface area contributed by atoms with E-state index in [0.29, 0.717) is 25.9 Å². The normalized spacial score (nSPS) is 15.5. The summed E-state index contributed by atoms with van der Waals surface area (Å²) < 4.78 is 10.5. The summed E-state index contributed by atoms with van der Waals surface area (Å²) in [4.78, 5) is 25.7. The molecule has 1 aliphatic heterocycles. The Bertz CT molecular complexity index is 657. The van der Waals surface area contributed by atoms with Crippen LogP contribution in [0.3, 0.4) is 0 Å². The third-order valence-electron chi connectivity index (χ3n) is 4.09. The number of rotatable bonds is 4. The highest BCUT2D eigenvalue weighted by Gasteiger charge is 2.27. The molecule has 0 radical (unpaired) electrons. The van der Waals surface area contributed by atoms with Gasteiger partial charge in [-0.25, -0.2) is 9.59 Å². The molecule has 0 aliphatic carbocycles. The van der Waals surface area contributed by atoms with Crippen molar-refractivity contribution in [2.75, 3.05) is 20.2 Å². The SMILES string of the molecule is COc1ccc(/C=C/NC(=O)NC2CCN(C(=O)OC(C)(C)C)CC2)cc1. The van der Waals surface area contributed by atoms with E-state index in [4.69, 9.17) is 9.47 Å². The molecule has 27 heavy (non-hydrogen) atoms. The second-order valence-corrected chi connectivity index (χ2v) is 7.47. The minimum atomic E-state index is -0.498. The van der Waals surface area contributed by atoms with E-state index in [0.717, 1.165) is 11.3 Å². The summed E-state index contributed by atoms with van der Waals surface area (Å²) in [5, 5.41) is 5.64. The summed E-state index contributed by atoms with van der Waals surface area (Å²) in [7, 11) is 1.62. The van der Waals surface area contributed by atoms with Crippen molar-refractivity contribution in [1.82, 2.24) is 15.5 Å². The van der Waals surface area contributed by atoms with Gasteiger partial charge in [0.05, 0.1) is 7.11 Å². The van der Waals surface area contributed by atoms with Crippen LogP contribution >= 0.6 is 0 Å². The molecular formula is C20H29N3O4. The molecule has 0 aromatic heterocycles. The molecule has 1 saturated heterocycles. The molecule has 148 valence electrons. The van der Waals surface area contributed by atoms with Crippen LogP contribution < -0.4 is 15.4 Å². The lowest BCUT2D eigenvalue weighted by molar-refractivity contribution is 0.0201. The van der Waals surface area contributed by atoms with Gasteiger partial charge in [0, 0.05) is 25.3 Å². The van der Waals surface area contributed by atoms with Gasteiger partial charge >= 0.3 is 12.1 Å². The average Bonchev–Trinajstić information content (AvgIpc) is 2.61. The van der Waals surface area contributed by atoms with E-state index in [2.05, 4.69) is 10.6 Å². The molecule has 0 atom stereocenters. The Hall–Kier alpha value is -2.70. The summed E-state index contributed by atoms with van der Waals surface area (Å²) >= 11 is 0. The minimum absolute atomic E-state index is 0.0399. The smallest absolute Gasteiger partial charge is 0.410 e. The van der Waals surface area contributed by atoms with Gasteiger partial charge in [0.15, 0.2) is 0 Å². The minimum Gasteiger partial charge on any atom is -0.497 e. The van der Waals surface area contributed by atoms with Gasteiger partial charge in [0.2, 0.25) is 0 Å². The van der Waals surface area contributed by atoms with Crippen LogP contribution in [0.15, 0.2) is 30.5 Å². The maximum atomic E-state index is 12.0. The van der Waals surface area contributed by atoms with Crippen LogP contribution in [0.2, 0.25) is 0 Å². The molecule has 1 aromatic rings. The molecule has 0 bridgehead atoms. The highest BCUT2D eigenvalue weighted by molar-refractivity contribution is 5.76. The highest BCUT2D eigenvalue weighted by atomic mass is 16.6. The van der Waals surface area contributed by atoms with E-state index < -0.39 is 5.60 Å². The number of amides is 3. The predicted molar refractivity (Wildman–Crippen MR) is 105 cm³/mol. The Balaban J connectivity index is 1.71. The number of urea groups is 1. The van der Waals surface area contributed by atoms with Crippen molar-refractivity contribution in [2.45, 2.75) is 45.3 Å². The lowest BCUT2D eigenvalue weighted by Crippen LogP contribution is -2.49. The quantitative estimate of drug-likeness (QED) is 0.846. The first-order chi connectivity index (χ1) is 12.8. The fourth-order valence-electron chi connectivity index (χ4n) is 2.69. The van der Waals surface area contributed by atoms with E-state index in [1.165, 1.54) is 0 Å². The van der Waals surface area contributed by atoms with Gasteiger partial charge in [-0.1, -0.05) is 12.1 Å². The van der Waals surface area contributed by atoms with Crippen LogP contribution in [-0.2, 0) is 4.74 Å². The summed E-state index contributed by atoms with van der Waals surface area (Å²) in [5.74, 6) is 0.788. The maximum absolute atomic E-state index is 12.0. The van der Waals surface area contributed by atoms with Crippen LogP contribution in [0.5, 0.6) is 5.75 Å². The Morgan fingerprint density at radius 2 is 1.78 bits per heavy atom. The van der Waals surface area contributed by atoms with Crippen LogP contribution in [0.25, 0.3) is 6.08 Å². The third kappa shape index (κ3) is 7.21. The number of nitrogens with zero attached hydrogens (tertiary/aromatic N) is 1. The lowest BCUT2D eigenvalue weighted by Gasteiger charge is -2.33. The zero-order valence-electron chi connectivity index (χ0n) is 16.5. The van der Waals surface area contributed by atoms with Gasteiger partial charge in [-0.2, -0.15) is 0 Å². The number of carbonyl (C=O) groups excluding carboxylic acids is 2. The number of benzene rings is 1. The Morgan fingerprint density at radius 3 is 2.33 bits per heavy atom. The highest BCUT2D eigenvalue weighted by Crippen LogP contribution is 2.15. The second-order valence-electron chi connectivity index (χ2n) is 7.47. The first-order valence-corrected chi connectivity index (χ1v) is 9.12. The van der Waals surface area contributed by atoms with Crippen LogP contribution in [-0.4, -0.2) is 48.9 Å². The molecule has 0 saturated carbocycles. The molecular weight excluding hydrogens is 346 g/mol. The van der Waals surface area contributed by atoms with Crippen molar-refractivity contribution < 1.29 is 19.1 Å². The predicted octanol–water partition coefficient (Wildman–Crippen LogP) is 3.36. The van der Waals surface area contributed by atoms with E-state index in [1.54, 1.807) is 18.2 Å². The number of hydrogen-bond donors (Lipinski definition) is 2. The van der Waals surface area contributed by atoms with Crippen molar-refractivity contribution >= 4 is 18.2 Å². The lowest BCUT2D eigenvalue weighted by atomic mass is 10.1. The Morgan fingerprint density at radius 1 is 1.15 bits per heavy atom. The first kappa shape index (κ1) is 20.6. The molecule has 7 nitrogen and oxygen atoms in total. The molecule has 1 aliphatic rings. The number of carbonyl (C=O) groups is 2. The molecule has 0 spiro atoms. The zero-order chi connectivity index (χ0) is 19.9. The topological polar surface area (TPSA) is 79.9 Å². The van der Waals surface area contributed by atoms with Gasteiger partial charge in [-0.15, -0.1) is 0 Å². The van der Waals surface area contributed by atoms with E-state index in [-0.39, 0.29) is 18.2 Å². The molecule has 1 aromatic carbocycles. The van der Waals surface area contributed by atoms with E-state index in [1.807, 2.05) is 51.1 Å². The Kier molecular flexibility index (Phi) is 7.10. The largest absolute Gasteiger partial charge is 0.497 e. The van der Waals surface area contributed by atoms with Gasteiger partial charge in [-0.3, -0.25) is 0 Å². The van der Waals surface area contributed by atoms with Crippen LogP contribution in [0.1, 0.15) is 39.2 Å². The van der Waals surface area contributed by atoms with Gasteiger partial charge in [-0.05, 0) is 57.4 Å². The molecule has 1 heterocycles. The van der Waals surface area contributed by atoms with E-state index in [9.17, 15) is 9.59 Å². The molecule has 2 rings (SSSR count). The van der Waals surface area contributed by atoms with Gasteiger partial charge in [0.25, 0.3) is 0 Å². The molecule has 0 unspecified atom stereocenters. The molecule has 1 fully saturated rings.